The third-order valence-electron chi connectivity index (χ3n) is 3.82. The van der Waals surface area contributed by atoms with Crippen LogP contribution in [-0.2, 0) is 6.54 Å². The zero-order valence-corrected chi connectivity index (χ0v) is 15.4. The number of ether oxygens (including phenoxy) is 1. The summed E-state index contributed by atoms with van der Waals surface area (Å²) in [4.78, 5) is 21.4. The molecule has 0 saturated carbocycles. The van der Waals surface area contributed by atoms with E-state index < -0.39 is 0 Å². The summed E-state index contributed by atoms with van der Waals surface area (Å²) in [6, 6.07) is 18.9. The molecule has 0 radical (unpaired) electrons. The average Bonchev–Trinajstić information content (AvgIpc) is 2.68. The molecule has 0 fully saturated rings. The van der Waals surface area contributed by atoms with Crippen molar-refractivity contribution in [1.82, 2.24) is 9.97 Å². The van der Waals surface area contributed by atoms with E-state index in [0.717, 1.165) is 5.56 Å². The maximum Gasteiger partial charge on any atom is 0.274 e. The minimum absolute atomic E-state index is 0.296. The van der Waals surface area contributed by atoms with E-state index >= 15 is 0 Å². The first-order valence-corrected chi connectivity index (χ1v) is 8.82. The van der Waals surface area contributed by atoms with Gasteiger partial charge in [-0.1, -0.05) is 42.5 Å². The predicted octanol–water partition coefficient (Wildman–Crippen LogP) is 4.05. The number of rotatable bonds is 7. The van der Waals surface area contributed by atoms with Crippen molar-refractivity contribution in [2.24, 2.45) is 0 Å². The summed E-state index contributed by atoms with van der Waals surface area (Å²) < 4.78 is 5.55. The summed E-state index contributed by atoms with van der Waals surface area (Å²) in [6.45, 7) is 4.84. The van der Waals surface area contributed by atoms with E-state index in [2.05, 4.69) is 20.6 Å². The van der Waals surface area contributed by atoms with E-state index in [-0.39, 0.29) is 5.91 Å². The lowest BCUT2D eigenvalue weighted by Crippen LogP contribution is -2.16. The highest BCUT2D eigenvalue weighted by Crippen LogP contribution is 2.24. The Labute approximate surface area is 158 Å². The number of aromatic nitrogens is 2. The van der Waals surface area contributed by atoms with Crippen molar-refractivity contribution in [3.05, 3.63) is 77.6 Å². The normalized spacial score (nSPS) is 10.3. The minimum atomic E-state index is -0.310. The first kappa shape index (κ1) is 18.4. The fraction of sp³-hybridized carbons (Fsp3) is 0.190. The third-order valence-corrected chi connectivity index (χ3v) is 3.82. The second-order valence-corrected chi connectivity index (χ2v) is 5.94. The number of hydrogen-bond acceptors (Lipinski definition) is 5. The Balaban J connectivity index is 1.74. The van der Waals surface area contributed by atoms with Gasteiger partial charge < -0.3 is 15.4 Å². The number of nitrogens with one attached hydrogen (secondary N) is 2. The molecule has 6 nitrogen and oxygen atoms in total. The Bertz CT molecular complexity index is 913. The zero-order chi connectivity index (χ0) is 19.1. The van der Waals surface area contributed by atoms with Crippen LogP contribution in [0.25, 0.3) is 0 Å². The van der Waals surface area contributed by atoms with Crippen LogP contribution in [0.2, 0.25) is 0 Å². The summed E-state index contributed by atoms with van der Waals surface area (Å²) in [7, 11) is 0. The predicted molar refractivity (Wildman–Crippen MR) is 106 cm³/mol. The number of hydrogen-bond donors (Lipinski definition) is 2. The van der Waals surface area contributed by atoms with Gasteiger partial charge in [0.1, 0.15) is 11.4 Å². The van der Waals surface area contributed by atoms with Gasteiger partial charge in [0, 0.05) is 12.2 Å². The van der Waals surface area contributed by atoms with Crippen LogP contribution in [0.1, 0.15) is 28.7 Å². The fourth-order valence-corrected chi connectivity index (χ4v) is 2.58. The molecule has 6 heteroatoms. The van der Waals surface area contributed by atoms with E-state index in [4.69, 9.17) is 4.74 Å². The fourth-order valence-electron chi connectivity index (χ4n) is 2.58. The number of benzene rings is 2. The molecule has 0 aliphatic carbocycles. The standard InChI is InChI=1S/C21H22N4O2/c1-3-27-19-12-8-7-11-17(19)24-20(26)18-13-15(2)23-21(25-18)22-14-16-9-5-4-6-10-16/h4-13H,3,14H2,1-2H3,(H,24,26)(H,22,23,25). The van der Waals surface area contributed by atoms with Crippen molar-refractivity contribution in [1.29, 1.82) is 0 Å². The van der Waals surface area contributed by atoms with Gasteiger partial charge in [-0.2, -0.15) is 0 Å². The molecule has 0 atom stereocenters. The molecule has 0 bridgehead atoms. The molecule has 1 aromatic heterocycles. The number of nitrogens with zero attached hydrogens (tertiary/aromatic N) is 2. The van der Waals surface area contributed by atoms with Gasteiger partial charge in [-0.05, 0) is 37.6 Å². The van der Waals surface area contributed by atoms with Crippen molar-refractivity contribution in [2.75, 3.05) is 17.2 Å². The lowest BCUT2D eigenvalue weighted by Gasteiger charge is -2.12. The Morgan fingerprint density at radius 2 is 1.78 bits per heavy atom. The van der Waals surface area contributed by atoms with Gasteiger partial charge in [-0.3, -0.25) is 4.79 Å². The van der Waals surface area contributed by atoms with E-state index in [0.29, 0.717) is 41.9 Å². The van der Waals surface area contributed by atoms with Crippen LogP contribution in [0, 0.1) is 6.92 Å². The molecule has 0 aliphatic heterocycles. The molecule has 1 amide bonds. The zero-order valence-electron chi connectivity index (χ0n) is 15.4. The van der Waals surface area contributed by atoms with Gasteiger partial charge in [0.2, 0.25) is 5.95 Å². The molecule has 1 heterocycles. The number of aryl methyl sites for hydroxylation is 1. The lowest BCUT2D eigenvalue weighted by molar-refractivity contribution is 0.102. The summed E-state index contributed by atoms with van der Waals surface area (Å²) in [5.74, 6) is 0.735. The van der Waals surface area contributed by atoms with E-state index in [1.807, 2.05) is 62.4 Å². The van der Waals surface area contributed by atoms with Gasteiger partial charge in [-0.15, -0.1) is 0 Å². The summed E-state index contributed by atoms with van der Waals surface area (Å²) in [5.41, 5.74) is 2.73. The Kier molecular flexibility index (Phi) is 5.99. The highest BCUT2D eigenvalue weighted by atomic mass is 16.5. The van der Waals surface area contributed by atoms with Crippen LogP contribution in [0.5, 0.6) is 5.75 Å². The van der Waals surface area contributed by atoms with Crippen LogP contribution in [0.4, 0.5) is 11.6 Å². The average molecular weight is 362 g/mol. The second kappa shape index (κ2) is 8.80. The van der Waals surface area contributed by atoms with Crippen molar-refractivity contribution in [2.45, 2.75) is 20.4 Å². The first-order valence-electron chi connectivity index (χ1n) is 8.82. The van der Waals surface area contributed by atoms with Gasteiger partial charge >= 0.3 is 0 Å². The summed E-state index contributed by atoms with van der Waals surface area (Å²) in [5, 5.41) is 6.02. The third kappa shape index (κ3) is 5.04. The molecule has 0 aliphatic rings. The van der Waals surface area contributed by atoms with Gasteiger partial charge in [0.15, 0.2) is 0 Å². The molecule has 3 aromatic rings. The molecular weight excluding hydrogens is 340 g/mol. The van der Waals surface area contributed by atoms with Crippen LogP contribution in [0.15, 0.2) is 60.7 Å². The number of carbonyl (C=O) groups is 1. The van der Waals surface area contributed by atoms with Crippen molar-refractivity contribution < 1.29 is 9.53 Å². The quantitative estimate of drug-likeness (QED) is 0.663. The first-order chi connectivity index (χ1) is 13.2. The second-order valence-electron chi connectivity index (χ2n) is 5.94. The molecule has 2 N–H and O–H groups in total. The topological polar surface area (TPSA) is 76.1 Å². The van der Waals surface area contributed by atoms with Gasteiger partial charge in [-0.25, -0.2) is 9.97 Å². The van der Waals surface area contributed by atoms with E-state index in [1.165, 1.54) is 0 Å². The van der Waals surface area contributed by atoms with Crippen LogP contribution in [-0.4, -0.2) is 22.5 Å². The monoisotopic (exact) mass is 362 g/mol. The molecular formula is C21H22N4O2. The van der Waals surface area contributed by atoms with E-state index in [9.17, 15) is 4.79 Å². The number of para-hydroxylation sites is 2. The largest absolute Gasteiger partial charge is 0.492 e. The minimum Gasteiger partial charge on any atom is -0.492 e. The van der Waals surface area contributed by atoms with Crippen LogP contribution in [0.3, 0.4) is 0 Å². The van der Waals surface area contributed by atoms with Crippen molar-refractivity contribution >= 4 is 17.5 Å². The highest BCUT2D eigenvalue weighted by Gasteiger charge is 2.13. The van der Waals surface area contributed by atoms with Gasteiger partial charge in [0.25, 0.3) is 5.91 Å². The summed E-state index contributed by atoms with van der Waals surface area (Å²) in [6.07, 6.45) is 0. The SMILES string of the molecule is CCOc1ccccc1NC(=O)c1cc(C)nc(NCc2ccccc2)n1. The smallest absolute Gasteiger partial charge is 0.274 e. The maximum atomic E-state index is 12.7. The Hall–Kier alpha value is -3.41. The maximum absolute atomic E-state index is 12.7. The molecule has 2 aromatic carbocycles. The van der Waals surface area contributed by atoms with Crippen LogP contribution >= 0.6 is 0 Å². The molecule has 0 unspecified atom stereocenters. The number of anilines is 2. The van der Waals surface area contributed by atoms with Crippen molar-refractivity contribution in [3.63, 3.8) is 0 Å². The molecule has 0 saturated heterocycles. The highest BCUT2D eigenvalue weighted by molar-refractivity contribution is 6.03. The van der Waals surface area contributed by atoms with Crippen LogP contribution < -0.4 is 15.4 Å². The Morgan fingerprint density at radius 1 is 1.04 bits per heavy atom. The molecule has 0 spiro atoms. The number of amides is 1. The van der Waals surface area contributed by atoms with Crippen molar-refractivity contribution in [3.8, 4) is 5.75 Å². The molecule has 3 rings (SSSR count). The van der Waals surface area contributed by atoms with Gasteiger partial charge in [0.05, 0.1) is 12.3 Å². The van der Waals surface area contributed by atoms with E-state index in [1.54, 1.807) is 12.1 Å². The molecule has 138 valence electrons. The number of carbonyl (C=O) groups excluding carboxylic acids is 1. The lowest BCUT2D eigenvalue weighted by atomic mass is 10.2. The summed E-state index contributed by atoms with van der Waals surface area (Å²) >= 11 is 0. The Morgan fingerprint density at radius 3 is 2.56 bits per heavy atom. The molecule has 27 heavy (non-hydrogen) atoms.